The summed E-state index contributed by atoms with van der Waals surface area (Å²) in [7, 11) is -3.58. The van der Waals surface area contributed by atoms with E-state index in [9.17, 15) is 13.2 Å². The summed E-state index contributed by atoms with van der Waals surface area (Å²) in [6, 6.07) is 18.6. The lowest BCUT2D eigenvalue weighted by molar-refractivity contribution is 0.249. The molecule has 32 heavy (non-hydrogen) atoms. The zero-order valence-electron chi connectivity index (χ0n) is 17.0. The van der Waals surface area contributed by atoms with Crippen molar-refractivity contribution < 1.29 is 13.2 Å². The van der Waals surface area contributed by atoms with Crippen molar-refractivity contribution in [3.63, 3.8) is 0 Å². The summed E-state index contributed by atoms with van der Waals surface area (Å²) in [5.74, 6) is -0.191. The molecule has 3 aromatic rings. The van der Waals surface area contributed by atoms with Gasteiger partial charge >= 0.3 is 6.03 Å². The van der Waals surface area contributed by atoms with E-state index in [0.717, 1.165) is 0 Å². The van der Waals surface area contributed by atoms with Gasteiger partial charge in [0.15, 0.2) is 9.84 Å². The Morgan fingerprint density at radius 3 is 2.31 bits per heavy atom. The quantitative estimate of drug-likeness (QED) is 0.464. The Morgan fingerprint density at radius 1 is 1.03 bits per heavy atom. The summed E-state index contributed by atoms with van der Waals surface area (Å²) in [6.45, 7) is 1.77. The van der Waals surface area contributed by atoms with Gasteiger partial charge in [0, 0.05) is 5.69 Å². The van der Waals surface area contributed by atoms with Crippen LogP contribution < -0.4 is 10.6 Å². The normalized spacial score (nSPS) is 11.9. The molecule has 3 aromatic carbocycles. The Balaban J connectivity index is 1.63. The van der Waals surface area contributed by atoms with Gasteiger partial charge in [0.1, 0.15) is 0 Å². The number of halogens is 2. The maximum absolute atomic E-state index is 12.7. The molecule has 0 bridgehead atoms. The van der Waals surface area contributed by atoms with Crippen LogP contribution in [0.3, 0.4) is 0 Å². The minimum atomic E-state index is -3.58. The molecule has 0 aliphatic rings. The van der Waals surface area contributed by atoms with E-state index in [1.807, 2.05) is 6.07 Å². The summed E-state index contributed by atoms with van der Waals surface area (Å²) in [4.78, 5) is 12.5. The lowest BCUT2D eigenvalue weighted by atomic mass is 10.1. The second kappa shape index (κ2) is 10.0. The van der Waals surface area contributed by atoms with Crippen molar-refractivity contribution in [1.29, 1.82) is 5.26 Å². The molecule has 2 amide bonds. The number of amides is 2. The van der Waals surface area contributed by atoms with Gasteiger partial charge in [-0.3, -0.25) is 0 Å². The highest BCUT2D eigenvalue weighted by molar-refractivity contribution is 7.90. The van der Waals surface area contributed by atoms with E-state index in [1.165, 1.54) is 24.3 Å². The van der Waals surface area contributed by atoms with Crippen LogP contribution in [0.2, 0.25) is 10.0 Å². The van der Waals surface area contributed by atoms with Gasteiger partial charge in [0.2, 0.25) is 0 Å². The van der Waals surface area contributed by atoms with Crippen LogP contribution in [0.1, 0.15) is 29.7 Å². The third-order valence-electron chi connectivity index (χ3n) is 4.71. The molecule has 0 saturated carbocycles. The minimum absolute atomic E-state index is 0.131. The van der Waals surface area contributed by atoms with E-state index in [0.29, 0.717) is 32.4 Å². The maximum Gasteiger partial charge on any atom is 0.319 e. The number of urea groups is 1. The lowest BCUT2D eigenvalue weighted by Crippen LogP contribution is -2.31. The van der Waals surface area contributed by atoms with Crippen LogP contribution in [0, 0.1) is 11.3 Å². The van der Waals surface area contributed by atoms with Crippen LogP contribution >= 0.6 is 23.2 Å². The number of nitriles is 1. The Labute approximate surface area is 196 Å². The van der Waals surface area contributed by atoms with Crippen LogP contribution in [0.15, 0.2) is 71.6 Å². The molecule has 9 heteroatoms. The number of hydrogen-bond acceptors (Lipinski definition) is 4. The fourth-order valence-electron chi connectivity index (χ4n) is 3.02. The molecule has 0 fully saturated rings. The second-order valence-electron chi connectivity index (χ2n) is 7.06. The van der Waals surface area contributed by atoms with Gasteiger partial charge in [0.25, 0.3) is 0 Å². The van der Waals surface area contributed by atoms with E-state index in [2.05, 4.69) is 10.6 Å². The number of sulfone groups is 1. The predicted octanol–water partition coefficient (Wildman–Crippen LogP) is 5.72. The van der Waals surface area contributed by atoms with Crippen LogP contribution in [0.25, 0.3) is 0 Å². The Morgan fingerprint density at radius 2 is 1.69 bits per heavy atom. The average Bonchev–Trinajstić information content (AvgIpc) is 2.76. The highest BCUT2D eigenvalue weighted by Gasteiger charge is 2.17. The fraction of sp³-hybridized carbons (Fsp3) is 0.130. The van der Waals surface area contributed by atoms with Crippen molar-refractivity contribution in [2.75, 3.05) is 5.32 Å². The van der Waals surface area contributed by atoms with Crippen LogP contribution in [0.4, 0.5) is 10.5 Å². The summed E-state index contributed by atoms with van der Waals surface area (Å²) in [5, 5.41) is 15.0. The molecule has 3 rings (SSSR count). The van der Waals surface area contributed by atoms with Gasteiger partial charge in [-0.05, 0) is 60.5 Å². The smallest absolute Gasteiger partial charge is 0.319 e. The van der Waals surface area contributed by atoms with E-state index in [4.69, 9.17) is 28.5 Å². The highest BCUT2D eigenvalue weighted by Crippen LogP contribution is 2.29. The predicted molar refractivity (Wildman–Crippen MR) is 126 cm³/mol. The summed E-state index contributed by atoms with van der Waals surface area (Å²) >= 11 is 12.2. The molecule has 1 atom stereocenters. The fourth-order valence-corrected chi connectivity index (χ4v) is 4.84. The number of benzene rings is 3. The molecule has 2 N–H and O–H groups in total. The first kappa shape index (κ1) is 23.6. The molecule has 0 heterocycles. The first-order valence-electron chi connectivity index (χ1n) is 9.53. The van der Waals surface area contributed by atoms with Gasteiger partial charge in [-0.1, -0.05) is 47.5 Å². The van der Waals surface area contributed by atoms with Crippen molar-refractivity contribution in [2.24, 2.45) is 0 Å². The summed E-state index contributed by atoms with van der Waals surface area (Å²) in [5.41, 5.74) is 2.16. The van der Waals surface area contributed by atoms with E-state index < -0.39 is 21.9 Å². The summed E-state index contributed by atoms with van der Waals surface area (Å²) < 4.78 is 25.3. The third kappa shape index (κ3) is 5.80. The lowest BCUT2D eigenvalue weighted by Gasteiger charge is -2.17. The first-order chi connectivity index (χ1) is 15.2. The van der Waals surface area contributed by atoms with E-state index >= 15 is 0 Å². The topological polar surface area (TPSA) is 99.1 Å². The van der Waals surface area contributed by atoms with Gasteiger partial charge < -0.3 is 10.6 Å². The zero-order chi connectivity index (χ0) is 23.3. The number of carbonyl (C=O) groups excluding carboxylic acids is 1. The van der Waals surface area contributed by atoms with Gasteiger partial charge in [-0.25, -0.2) is 13.2 Å². The highest BCUT2D eigenvalue weighted by atomic mass is 35.5. The maximum atomic E-state index is 12.7. The number of carbonyl (C=O) groups is 1. The first-order valence-corrected chi connectivity index (χ1v) is 11.9. The number of nitrogens with zero attached hydrogens (tertiary/aromatic N) is 1. The number of nitrogens with one attached hydrogen (secondary N) is 2. The average molecular weight is 488 g/mol. The van der Waals surface area contributed by atoms with E-state index in [1.54, 1.807) is 49.4 Å². The molecule has 164 valence electrons. The molecule has 1 unspecified atom stereocenters. The molecule has 0 aliphatic carbocycles. The largest absolute Gasteiger partial charge is 0.331 e. The van der Waals surface area contributed by atoms with Crippen LogP contribution in [-0.4, -0.2) is 14.4 Å². The van der Waals surface area contributed by atoms with Crippen LogP contribution in [0.5, 0.6) is 0 Å². The third-order valence-corrected chi connectivity index (χ3v) is 7.24. The SMILES string of the molecule is CC(NC(=O)Nc1ccc(S(=O)(=O)Cc2ccc(C#N)cc2)cc1)c1cccc(Cl)c1Cl. The van der Waals surface area contributed by atoms with Crippen molar-refractivity contribution in [3.05, 3.63) is 93.5 Å². The minimum Gasteiger partial charge on any atom is -0.331 e. The second-order valence-corrected chi connectivity index (χ2v) is 9.83. The number of anilines is 1. The molecule has 0 aromatic heterocycles. The van der Waals surface area contributed by atoms with Crippen molar-refractivity contribution in [1.82, 2.24) is 5.32 Å². The number of hydrogen-bond donors (Lipinski definition) is 2. The van der Waals surface area contributed by atoms with E-state index in [-0.39, 0.29) is 10.6 Å². The Hall–Kier alpha value is -3.05. The Kier molecular flexibility index (Phi) is 7.41. The molecule has 0 spiro atoms. The van der Waals surface area contributed by atoms with Crippen molar-refractivity contribution in [3.8, 4) is 6.07 Å². The molecular formula is C23H19Cl2N3O3S. The Bertz CT molecular complexity index is 1270. The molecule has 0 aliphatic heterocycles. The van der Waals surface area contributed by atoms with Crippen LogP contribution in [-0.2, 0) is 15.6 Å². The molecular weight excluding hydrogens is 469 g/mol. The van der Waals surface area contributed by atoms with Crippen molar-refractivity contribution in [2.45, 2.75) is 23.6 Å². The molecule has 0 saturated heterocycles. The molecule has 0 radical (unpaired) electrons. The zero-order valence-corrected chi connectivity index (χ0v) is 19.3. The summed E-state index contributed by atoms with van der Waals surface area (Å²) in [6.07, 6.45) is 0. The monoisotopic (exact) mass is 487 g/mol. The number of rotatable bonds is 6. The standard InChI is InChI=1S/C23H19Cl2N3O3S/c1-15(20-3-2-4-21(24)22(20)25)27-23(29)28-18-9-11-19(12-10-18)32(30,31)14-17-7-5-16(13-26)6-8-17/h2-12,15H,14H2,1H3,(H2,27,28,29). The molecule has 6 nitrogen and oxygen atoms in total. The van der Waals surface area contributed by atoms with Gasteiger partial charge in [-0.2, -0.15) is 5.26 Å². The van der Waals surface area contributed by atoms with Crippen molar-refractivity contribution >= 4 is 44.8 Å². The van der Waals surface area contributed by atoms with Gasteiger partial charge in [-0.15, -0.1) is 0 Å². The van der Waals surface area contributed by atoms with Gasteiger partial charge in [0.05, 0.1) is 38.4 Å².